The number of aromatic nitrogens is 3. The van der Waals surface area contributed by atoms with Crippen LogP contribution in [0.1, 0.15) is 6.92 Å². The quantitative estimate of drug-likeness (QED) is 0.726. The van der Waals surface area contributed by atoms with Gasteiger partial charge in [-0.15, -0.1) is 0 Å². The highest BCUT2D eigenvalue weighted by Gasteiger charge is 2.16. The molecule has 0 fully saturated rings. The normalized spacial score (nSPS) is 12.2. The van der Waals surface area contributed by atoms with E-state index in [1.807, 2.05) is 49.4 Å². The first kappa shape index (κ1) is 13.6. The van der Waals surface area contributed by atoms with Gasteiger partial charge in [0.15, 0.2) is 5.16 Å². The highest BCUT2D eigenvalue weighted by Crippen LogP contribution is 2.25. The van der Waals surface area contributed by atoms with Crippen molar-refractivity contribution in [1.29, 1.82) is 0 Å². The highest BCUT2D eigenvalue weighted by atomic mass is 32.2. The predicted molar refractivity (Wildman–Crippen MR) is 84.3 cm³/mol. The van der Waals surface area contributed by atoms with Crippen LogP contribution in [0, 0.1) is 0 Å². The number of aromatic amines is 1. The molecule has 0 aliphatic heterocycles. The van der Waals surface area contributed by atoms with Gasteiger partial charge in [-0.05, 0) is 18.4 Å². The van der Waals surface area contributed by atoms with Gasteiger partial charge in [0.2, 0.25) is 5.91 Å². The van der Waals surface area contributed by atoms with Crippen LogP contribution in [0.2, 0.25) is 0 Å². The van der Waals surface area contributed by atoms with Crippen molar-refractivity contribution >= 4 is 34.1 Å². The number of benzene rings is 2. The number of rotatable bonds is 4. The first-order valence-corrected chi connectivity index (χ1v) is 7.42. The lowest BCUT2D eigenvalue weighted by molar-refractivity contribution is -0.115. The summed E-state index contributed by atoms with van der Waals surface area (Å²) in [6.07, 6.45) is 1.43. The number of hydrogen-bond acceptors (Lipinski definition) is 4. The van der Waals surface area contributed by atoms with Gasteiger partial charge in [-0.25, -0.2) is 4.98 Å². The molecule has 3 aromatic rings. The Kier molecular flexibility index (Phi) is 3.87. The number of anilines is 1. The molecular weight excluding hydrogens is 284 g/mol. The van der Waals surface area contributed by atoms with E-state index in [-0.39, 0.29) is 11.2 Å². The van der Waals surface area contributed by atoms with E-state index < -0.39 is 0 Å². The second-order valence-electron chi connectivity index (χ2n) is 4.57. The minimum absolute atomic E-state index is 0.0623. The summed E-state index contributed by atoms with van der Waals surface area (Å²) >= 11 is 1.34. The maximum atomic E-state index is 12.3. The van der Waals surface area contributed by atoms with Gasteiger partial charge in [0.25, 0.3) is 0 Å². The Balaban J connectivity index is 1.77. The zero-order valence-corrected chi connectivity index (χ0v) is 12.2. The van der Waals surface area contributed by atoms with Crippen LogP contribution in [0.15, 0.2) is 53.9 Å². The standard InChI is InChI=1S/C15H14N4OS/c1-10(21-15-16-9-17-19-15)14(20)18-13-8-4-6-11-5-2-3-7-12(11)13/h2-10H,1H3,(H,18,20)(H,16,17,19)/t10-/m1/s1. The lowest BCUT2D eigenvalue weighted by Crippen LogP contribution is -2.22. The number of hydrogen-bond donors (Lipinski definition) is 2. The molecule has 1 aromatic heterocycles. The van der Waals surface area contributed by atoms with E-state index in [1.165, 1.54) is 18.1 Å². The minimum Gasteiger partial charge on any atom is -0.325 e. The van der Waals surface area contributed by atoms with Crippen LogP contribution in [0.4, 0.5) is 5.69 Å². The van der Waals surface area contributed by atoms with Gasteiger partial charge in [-0.3, -0.25) is 9.89 Å². The van der Waals surface area contributed by atoms with Gasteiger partial charge in [-0.2, -0.15) is 5.10 Å². The van der Waals surface area contributed by atoms with Crippen molar-refractivity contribution in [2.24, 2.45) is 0 Å². The minimum atomic E-state index is -0.267. The molecule has 0 saturated heterocycles. The molecule has 1 atom stereocenters. The fourth-order valence-corrected chi connectivity index (χ4v) is 2.76. The van der Waals surface area contributed by atoms with Crippen LogP contribution in [0.5, 0.6) is 0 Å². The van der Waals surface area contributed by atoms with Crippen molar-refractivity contribution < 1.29 is 4.79 Å². The molecule has 6 heteroatoms. The second kappa shape index (κ2) is 5.97. The molecule has 21 heavy (non-hydrogen) atoms. The number of thioether (sulfide) groups is 1. The van der Waals surface area contributed by atoms with Crippen LogP contribution in [0.3, 0.4) is 0 Å². The summed E-state index contributed by atoms with van der Waals surface area (Å²) in [5, 5.41) is 12.0. The van der Waals surface area contributed by atoms with Crippen molar-refractivity contribution in [2.45, 2.75) is 17.3 Å². The molecule has 0 saturated carbocycles. The van der Waals surface area contributed by atoms with Crippen LogP contribution in [-0.4, -0.2) is 26.3 Å². The maximum Gasteiger partial charge on any atom is 0.237 e. The number of carbonyl (C=O) groups is 1. The molecule has 0 unspecified atom stereocenters. The van der Waals surface area contributed by atoms with Crippen LogP contribution in [-0.2, 0) is 4.79 Å². The molecule has 2 aromatic carbocycles. The Hall–Kier alpha value is -2.34. The van der Waals surface area contributed by atoms with E-state index in [0.29, 0.717) is 5.16 Å². The molecule has 0 bridgehead atoms. The summed E-state index contributed by atoms with van der Waals surface area (Å²) in [5.41, 5.74) is 0.822. The van der Waals surface area contributed by atoms with Gasteiger partial charge in [0, 0.05) is 11.1 Å². The monoisotopic (exact) mass is 298 g/mol. The Labute approximate surface area is 126 Å². The van der Waals surface area contributed by atoms with E-state index >= 15 is 0 Å². The summed E-state index contributed by atoms with van der Waals surface area (Å²) in [6, 6.07) is 13.8. The molecule has 0 radical (unpaired) electrons. The second-order valence-corrected chi connectivity index (χ2v) is 5.90. The van der Waals surface area contributed by atoms with Crippen molar-refractivity contribution in [2.75, 3.05) is 5.32 Å². The van der Waals surface area contributed by atoms with Crippen molar-refractivity contribution in [3.05, 3.63) is 48.8 Å². The lowest BCUT2D eigenvalue weighted by atomic mass is 10.1. The van der Waals surface area contributed by atoms with E-state index in [9.17, 15) is 4.79 Å². The Morgan fingerprint density at radius 2 is 2.05 bits per heavy atom. The summed E-state index contributed by atoms with van der Waals surface area (Å²) in [6.45, 7) is 1.84. The summed E-state index contributed by atoms with van der Waals surface area (Å²) in [5.74, 6) is -0.0623. The van der Waals surface area contributed by atoms with Crippen molar-refractivity contribution in [3.8, 4) is 0 Å². The van der Waals surface area contributed by atoms with Crippen LogP contribution in [0.25, 0.3) is 10.8 Å². The SMILES string of the molecule is C[C@@H](Sc1ncn[nH]1)C(=O)Nc1cccc2ccccc12. The molecular formula is C15H14N4OS. The number of carbonyl (C=O) groups excluding carboxylic acids is 1. The number of amides is 1. The molecule has 0 spiro atoms. The first-order valence-electron chi connectivity index (χ1n) is 6.54. The predicted octanol–water partition coefficient (Wildman–Crippen LogP) is 3.08. The third-order valence-corrected chi connectivity index (χ3v) is 4.09. The summed E-state index contributed by atoms with van der Waals surface area (Å²) < 4.78 is 0. The fourth-order valence-electron chi connectivity index (χ4n) is 2.04. The van der Waals surface area contributed by atoms with E-state index in [2.05, 4.69) is 20.5 Å². The molecule has 1 heterocycles. The third kappa shape index (κ3) is 3.05. The van der Waals surface area contributed by atoms with Gasteiger partial charge in [-0.1, -0.05) is 48.2 Å². The van der Waals surface area contributed by atoms with E-state index in [1.54, 1.807) is 0 Å². The molecule has 3 rings (SSSR count). The smallest absolute Gasteiger partial charge is 0.237 e. The van der Waals surface area contributed by atoms with Crippen LogP contribution >= 0.6 is 11.8 Å². The molecule has 2 N–H and O–H groups in total. The highest BCUT2D eigenvalue weighted by molar-refractivity contribution is 8.00. The van der Waals surface area contributed by atoms with Crippen molar-refractivity contribution in [1.82, 2.24) is 15.2 Å². The van der Waals surface area contributed by atoms with Gasteiger partial charge in [0.05, 0.1) is 5.25 Å². The Bertz CT molecular complexity index is 752. The number of fused-ring (bicyclic) bond motifs is 1. The van der Waals surface area contributed by atoms with Gasteiger partial charge in [0.1, 0.15) is 6.33 Å². The van der Waals surface area contributed by atoms with Gasteiger partial charge >= 0.3 is 0 Å². The fraction of sp³-hybridized carbons (Fsp3) is 0.133. The number of nitrogens with one attached hydrogen (secondary N) is 2. The third-order valence-electron chi connectivity index (χ3n) is 3.10. The van der Waals surface area contributed by atoms with E-state index in [0.717, 1.165) is 16.5 Å². The molecule has 0 aliphatic rings. The number of H-pyrrole nitrogens is 1. The van der Waals surface area contributed by atoms with E-state index in [4.69, 9.17) is 0 Å². The Morgan fingerprint density at radius 3 is 2.86 bits per heavy atom. The largest absolute Gasteiger partial charge is 0.325 e. The molecule has 5 nitrogen and oxygen atoms in total. The topological polar surface area (TPSA) is 70.7 Å². The molecule has 0 aliphatic carbocycles. The molecule has 1 amide bonds. The summed E-state index contributed by atoms with van der Waals surface area (Å²) in [4.78, 5) is 16.3. The van der Waals surface area contributed by atoms with Crippen molar-refractivity contribution in [3.63, 3.8) is 0 Å². The summed E-state index contributed by atoms with van der Waals surface area (Å²) in [7, 11) is 0. The average molecular weight is 298 g/mol. The average Bonchev–Trinajstić information content (AvgIpc) is 3.00. The Morgan fingerprint density at radius 1 is 1.24 bits per heavy atom. The number of nitrogens with zero attached hydrogens (tertiary/aromatic N) is 2. The molecule has 106 valence electrons. The lowest BCUT2D eigenvalue weighted by Gasteiger charge is -2.12. The zero-order chi connectivity index (χ0) is 14.7. The maximum absolute atomic E-state index is 12.3. The van der Waals surface area contributed by atoms with Crippen LogP contribution < -0.4 is 5.32 Å². The first-order chi connectivity index (χ1) is 10.2. The zero-order valence-electron chi connectivity index (χ0n) is 11.4. The van der Waals surface area contributed by atoms with Gasteiger partial charge < -0.3 is 5.32 Å².